The Hall–Kier alpha value is -3.13. The topological polar surface area (TPSA) is 94.3 Å². The highest BCUT2D eigenvalue weighted by atomic mass is 32.2. The van der Waals surface area contributed by atoms with Crippen molar-refractivity contribution in [2.75, 3.05) is 5.32 Å². The van der Waals surface area contributed by atoms with Gasteiger partial charge in [-0.1, -0.05) is 37.7 Å². The van der Waals surface area contributed by atoms with Crippen molar-refractivity contribution in [3.63, 3.8) is 0 Å². The molecule has 0 bridgehead atoms. The normalized spacial score (nSPS) is 11.9. The summed E-state index contributed by atoms with van der Waals surface area (Å²) in [7, 11) is 0. The molecule has 162 valence electrons. The molecule has 2 aromatic carbocycles. The molecule has 0 aliphatic carbocycles. The fraction of sp³-hybridized carbons (Fsp3) is 0.304. The van der Waals surface area contributed by atoms with Gasteiger partial charge in [-0.3, -0.25) is 9.59 Å². The molecule has 0 radical (unpaired) electrons. The number of nitrogens with zero attached hydrogens (tertiary/aromatic N) is 2. The summed E-state index contributed by atoms with van der Waals surface area (Å²) in [6, 6.07) is 14.5. The lowest BCUT2D eigenvalue weighted by molar-refractivity contribution is -0.118. The Bertz CT molecular complexity index is 1050. The third-order valence-electron chi connectivity index (χ3n) is 4.41. The predicted octanol–water partition coefficient (Wildman–Crippen LogP) is 4.92. The molecule has 8 heteroatoms. The maximum atomic E-state index is 12.7. The molecule has 0 fully saturated rings. The van der Waals surface area contributed by atoms with Crippen molar-refractivity contribution >= 4 is 29.1 Å². The highest BCUT2D eigenvalue weighted by molar-refractivity contribution is 8.00. The number of hydrogen-bond acceptors (Lipinski definition) is 7. The number of carbonyl (C=O) groups is 2. The molecule has 31 heavy (non-hydrogen) atoms. The number of nitrogens with one attached hydrogen (secondary N) is 1. The van der Waals surface area contributed by atoms with Gasteiger partial charge in [0.25, 0.3) is 11.1 Å². The van der Waals surface area contributed by atoms with Crippen LogP contribution in [-0.2, 0) is 11.4 Å². The highest BCUT2D eigenvalue weighted by Crippen LogP contribution is 2.25. The molecule has 3 aromatic rings. The van der Waals surface area contributed by atoms with Crippen LogP contribution in [0.15, 0.2) is 58.2 Å². The standard InChI is InChI=1S/C23H25N3O4S/c1-14(2)22(28)24-18-10-8-17(9-11-18)21(27)16(4)31-23-26-25-20(30-23)13-29-19-7-5-6-15(3)12-19/h5-12,14,16H,13H2,1-4H3,(H,24,28). The van der Waals surface area contributed by atoms with E-state index in [0.717, 1.165) is 11.3 Å². The summed E-state index contributed by atoms with van der Waals surface area (Å²) in [6.07, 6.45) is 0. The van der Waals surface area contributed by atoms with E-state index in [2.05, 4.69) is 15.5 Å². The second-order valence-electron chi connectivity index (χ2n) is 7.41. The van der Waals surface area contributed by atoms with E-state index in [-0.39, 0.29) is 24.2 Å². The van der Waals surface area contributed by atoms with E-state index < -0.39 is 5.25 Å². The van der Waals surface area contributed by atoms with Gasteiger partial charge in [0.2, 0.25) is 5.91 Å². The first kappa shape index (κ1) is 22.6. The molecule has 1 aromatic heterocycles. The van der Waals surface area contributed by atoms with Crippen LogP contribution in [0.2, 0.25) is 0 Å². The summed E-state index contributed by atoms with van der Waals surface area (Å²) >= 11 is 1.20. The van der Waals surface area contributed by atoms with Crippen molar-refractivity contribution in [1.82, 2.24) is 10.2 Å². The molecule has 1 unspecified atom stereocenters. The lowest BCUT2D eigenvalue weighted by Crippen LogP contribution is -2.18. The number of benzene rings is 2. The Morgan fingerprint density at radius 2 is 1.84 bits per heavy atom. The van der Waals surface area contributed by atoms with Crippen molar-refractivity contribution in [1.29, 1.82) is 0 Å². The number of Topliss-reactive ketones (excluding diaryl/α,β-unsaturated/α-hetero) is 1. The molecule has 1 atom stereocenters. The molecule has 0 saturated heterocycles. The van der Waals surface area contributed by atoms with Crippen molar-refractivity contribution in [2.45, 2.75) is 44.8 Å². The van der Waals surface area contributed by atoms with Crippen LogP contribution in [0.4, 0.5) is 5.69 Å². The molecule has 0 aliphatic heterocycles. The van der Waals surface area contributed by atoms with Gasteiger partial charge in [0.05, 0.1) is 5.25 Å². The second kappa shape index (κ2) is 10.3. The van der Waals surface area contributed by atoms with Crippen LogP contribution in [0, 0.1) is 12.8 Å². The second-order valence-corrected chi connectivity index (χ2v) is 8.70. The third-order valence-corrected chi connectivity index (χ3v) is 5.34. The fourth-order valence-corrected chi connectivity index (χ4v) is 3.42. The summed E-state index contributed by atoms with van der Waals surface area (Å²) in [5.74, 6) is 0.821. The number of thioether (sulfide) groups is 1. The minimum atomic E-state index is -0.415. The van der Waals surface area contributed by atoms with Gasteiger partial charge in [0.15, 0.2) is 12.4 Å². The maximum Gasteiger partial charge on any atom is 0.277 e. The van der Waals surface area contributed by atoms with Crippen LogP contribution < -0.4 is 10.1 Å². The van der Waals surface area contributed by atoms with Gasteiger partial charge in [-0.15, -0.1) is 10.2 Å². The minimum absolute atomic E-state index is 0.0671. The highest BCUT2D eigenvalue weighted by Gasteiger charge is 2.20. The van der Waals surface area contributed by atoms with Gasteiger partial charge in [-0.05, 0) is 55.8 Å². The van der Waals surface area contributed by atoms with E-state index in [1.807, 2.05) is 45.0 Å². The van der Waals surface area contributed by atoms with Crippen LogP contribution in [0.1, 0.15) is 42.6 Å². The SMILES string of the molecule is Cc1cccc(OCc2nnc(SC(C)C(=O)c3ccc(NC(=O)C(C)C)cc3)o2)c1. The zero-order chi connectivity index (χ0) is 22.4. The third kappa shape index (κ3) is 6.42. The van der Waals surface area contributed by atoms with Gasteiger partial charge in [-0.25, -0.2) is 0 Å². The number of carbonyl (C=O) groups excluding carboxylic acids is 2. The number of aromatic nitrogens is 2. The van der Waals surface area contributed by atoms with Crippen molar-refractivity contribution in [3.8, 4) is 5.75 Å². The first-order chi connectivity index (χ1) is 14.8. The van der Waals surface area contributed by atoms with Gasteiger partial charge in [-0.2, -0.15) is 0 Å². The van der Waals surface area contributed by atoms with Crippen LogP contribution in [0.3, 0.4) is 0 Å². The smallest absolute Gasteiger partial charge is 0.277 e. The molecule has 1 N–H and O–H groups in total. The molecule has 1 heterocycles. The monoisotopic (exact) mass is 439 g/mol. The number of amides is 1. The lowest BCUT2D eigenvalue weighted by Gasteiger charge is -2.10. The Morgan fingerprint density at radius 1 is 1.10 bits per heavy atom. The number of ketones is 1. The molecule has 0 saturated carbocycles. The number of rotatable bonds is 9. The summed E-state index contributed by atoms with van der Waals surface area (Å²) in [6.45, 7) is 7.58. The molecule has 1 amide bonds. The first-order valence-corrected chi connectivity index (χ1v) is 10.8. The number of anilines is 1. The molecular weight excluding hydrogens is 414 g/mol. The number of hydrogen-bond donors (Lipinski definition) is 1. The summed E-state index contributed by atoms with van der Waals surface area (Å²) in [4.78, 5) is 24.5. The Balaban J connectivity index is 1.54. The quantitative estimate of drug-likeness (QED) is 0.374. The summed E-state index contributed by atoms with van der Waals surface area (Å²) < 4.78 is 11.3. The predicted molar refractivity (Wildman–Crippen MR) is 119 cm³/mol. The fourth-order valence-electron chi connectivity index (χ4n) is 2.64. The van der Waals surface area contributed by atoms with Gasteiger partial charge < -0.3 is 14.5 Å². The Morgan fingerprint density at radius 3 is 2.52 bits per heavy atom. The molecule has 0 spiro atoms. The van der Waals surface area contributed by atoms with E-state index in [0.29, 0.717) is 22.4 Å². The minimum Gasteiger partial charge on any atom is -0.484 e. The van der Waals surface area contributed by atoms with E-state index in [9.17, 15) is 9.59 Å². The van der Waals surface area contributed by atoms with E-state index in [1.54, 1.807) is 31.2 Å². The summed E-state index contributed by atoms with van der Waals surface area (Å²) in [5, 5.41) is 10.7. The number of aryl methyl sites for hydroxylation is 1. The van der Waals surface area contributed by atoms with Crippen molar-refractivity contribution in [3.05, 3.63) is 65.5 Å². The van der Waals surface area contributed by atoms with E-state index in [1.165, 1.54) is 11.8 Å². The van der Waals surface area contributed by atoms with Crippen LogP contribution in [0.5, 0.6) is 5.75 Å². The zero-order valence-electron chi connectivity index (χ0n) is 17.9. The molecule has 0 aliphatic rings. The van der Waals surface area contributed by atoms with Crippen molar-refractivity contribution in [2.24, 2.45) is 5.92 Å². The first-order valence-electron chi connectivity index (χ1n) is 9.95. The van der Waals surface area contributed by atoms with Gasteiger partial charge in [0, 0.05) is 17.2 Å². The average Bonchev–Trinajstić information content (AvgIpc) is 3.19. The Kier molecular flexibility index (Phi) is 7.46. The number of ether oxygens (including phenoxy) is 1. The van der Waals surface area contributed by atoms with Crippen LogP contribution in [-0.4, -0.2) is 27.1 Å². The van der Waals surface area contributed by atoms with E-state index >= 15 is 0 Å². The molecule has 7 nitrogen and oxygen atoms in total. The Labute approximate surface area is 185 Å². The summed E-state index contributed by atoms with van der Waals surface area (Å²) in [5.41, 5.74) is 2.30. The van der Waals surface area contributed by atoms with E-state index in [4.69, 9.17) is 9.15 Å². The maximum absolute atomic E-state index is 12.7. The average molecular weight is 440 g/mol. The van der Waals surface area contributed by atoms with Crippen molar-refractivity contribution < 1.29 is 18.7 Å². The largest absolute Gasteiger partial charge is 0.484 e. The van der Waals surface area contributed by atoms with Gasteiger partial charge in [0.1, 0.15) is 5.75 Å². The lowest BCUT2D eigenvalue weighted by atomic mass is 10.1. The molecular formula is C23H25N3O4S. The zero-order valence-corrected chi connectivity index (χ0v) is 18.7. The van der Waals surface area contributed by atoms with Gasteiger partial charge >= 0.3 is 0 Å². The van der Waals surface area contributed by atoms with Crippen LogP contribution in [0.25, 0.3) is 0 Å². The van der Waals surface area contributed by atoms with Crippen LogP contribution >= 0.6 is 11.8 Å². The molecule has 3 rings (SSSR count).